The van der Waals surface area contributed by atoms with Gasteiger partial charge in [-0.05, 0) is 61.7 Å². The lowest BCUT2D eigenvalue weighted by Crippen LogP contribution is -3.14. The monoisotopic (exact) mass is 430 g/mol. The molecule has 0 spiro atoms. The number of carbonyl (C=O) groups excluding carboxylic acids is 2. The van der Waals surface area contributed by atoms with Crippen molar-refractivity contribution in [1.82, 2.24) is 0 Å². The number of Topliss-reactive ketones (excluding diaryl/α,β-unsaturated/α-hetero) is 1. The number of hydrogen-bond acceptors (Lipinski definition) is 4. The largest absolute Gasteiger partial charge is 0.462 e. The van der Waals surface area contributed by atoms with Crippen LogP contribution in [0.15, 0.2) is 11.6 Å². The van der Waals surface area contributed by atoms with E-state index in [1.807, 2.05) is 0 Å². The Morgan fingerprint density at radius 3 is 2.68 bits per heavy atom. The fourth-order valence-electron chi connectivity index (χ4n) is 7.93. The van der Waals surface area contributed by atoms with Gasteiger partial charge >= 0.3 is 5.97 Å². The van der Waals surface area contributed by atoms with E-state index in [1.54, 1.807) is 0 Å². The molecule has 1 aliphatic heterocycles. The number of nitrogens with one attached hydrogen (secondary N) is 1. The van der Waals surface area contributed by atoms with Crippen molar-refractivity contribution in [2.75, 3.05) is 32.8 Å². The molecule has 0 aromatic rings. The average Bonchev–Trinajstić information content (AvgIpc) is 3.08. The van der Waals surface area contributed by atoms with Crippen LogP contribution in [0.2, 0.25) is 0 Å². The van der Waals surface area contributed by atoms with Crippen molar-refractivity contribution in [3.8, 4) is 0 Å². The number of carbonyl (C=O) groups is 2. The molecule has 0 radical (unpaired) electrons. The van der Waals surface area contributed by atoms with Gasteiger partial charge in [-0.25, -0.2) is 0 Å². The molecule has 5 nitrogen and oxygen atoms in total. The van der Waals surface area contributed by atoms with Crippen LogP contribution >= 0.6 is 0 Å². The number of esters is 1. The molecule has 1 N–H and O–H groups in total. The first kappa shape index (κ1) is 21.6. The molecule has 6 atom stereocenters. The highest BCUT2D eigenvalue weighted by Crippen LogP contribution is 2.64. The highest BCUT2D eigenvalue weighted by atomic mass is 16.5. The molecule has 0 amide bonds. The zero-order valence-corrected chi connectivity index (χ0v) is 19.4. The summed E-state index contributed by atoms with van der Waals surface area (Å²) < 4.78 is 11.3. The molecule has 31 heavy (non-hydrogen) atoms. The highest BCUT2D eigenvalue weighted by Gasteiger charge is 2.58. The molecular weight excluding hydrogens is 390 g/mol. The van der Waals surface area contributed by atoms with Crippen molar-refractivity contribution in [3.63, 3.8) is 0 Å². The fraction of sp³-hybridized carbons (Fsp3) is 0.846. The van der Waals surface area contributed by atoms with Crippen LogP contribution in [0.3, 0.4) is 0 Å². The Bertz CT molecular complexity index is 757. The lowest BCUT2D eigenvalue weighted by Gasteiger charge is -2.56. The molecule has 1 heterocycles. The van der Waals surface area contributed by atoms with Gasteiger partial charge in [-0.3, -0.25) is 9.59 Å². The SMILES string of the molecule is C[C@]12CC[C@@H](OC(=O)CC[NH+]3CCOCC3)CC1=CC[C@@H]1[C@H]2CC[C@@]2(C)C(=O)CC[C@@H]12. The maximum Gasteiger partial charge on any atom is 0.311 e. The minimum atomic E-state index is -0.0575. The minimum absolute atomic E-state index is 0.0280. The Balaban J connectivity index is 1.20. The first-order valence-corrected chi connectivity index (χ1v) is 12.7. The van der Waals surface area contributed by atoms with Gasteiger partial charge in [0.2, 0.25) is 0 Å². The second kappa shape index (κ2) is 8.30. The third kappa shape index (κ3) is 3.80. The van der Waals surface area contributed by atoms with Gasteiger partial charge in [-0.1, -0.05) is 25.5 Å². The van der Waals surface area contributed by atoms with E-state index >= 15 is 0 Å². The normalized spacial score (nSPS) is 42.9. The second-order valence-corrected chi connectivity index (χ2v) is 11.4. The topological polar surface area (TPSA) is 57.0 Å². The number of quaternary nitrogens is 1. The van der Waals surface area contributed by atoms with E-state index in [0.717, 1.165) is 77.8 Å². The van der Waals surface area contributed by atoms with E-state index in [9.17, 15) is 9.59 Å². The zero-order chi connectivity index (χ0) is 21.6. The van der Waals surface area contributed by atoms with Gasteiger partial charge in [0.15, 0.2) is 0 Å². The summed E-state index contributed by atoms with van der Waals surface area (Å²) in [6.45, 7) is 9.17. The van der Waals surface area contributed by atoms with Crippen LogP contribution in [0.1, 0.15) is 71.6 Å². The van der Waals surface area contributed by atoms with Gasteiger partial charge in [-0.15, -0.1) is 0 Å². The Hall–Kier alpha value is -1.20. The van der Waals surface area contributed by atoms with Crippen LogP contribution in [0.4, 0.5) is 0 Å². The Kier molecular flexibility index (Phi) is 5.79. The number of ketones is 1. The van der Waals surface area contributed by atoms with Gasteiger partial charge in [0.05, 0.1) is 26.2 Å². The number of allylic oxidation sites excluding steroid dienone is 1. The minimum Gasteiger partial charge on any atom is -0.462 e. The third-order valence-electron chi connectivity index (χ3n) is 9.95. The van der Waals surface area contributed by atoms with Crippen molar-refractivity contribution in [2.45, 2.75) is 77.7 Å². The summed E-state index contributed by atoms with van der Waals surface area (Å²) in [7, 11) is 0. The smallest absolute Gasteiger partial charge is 0.311 e. The van der Waals surface area contributed by atoms with Crippen molar-refractivity contribution in [2.24, 2.45) is 28.6 Å². The summed E-state index contributed by atoms with van der Waals surface area (Å²) in [4.78, 5) is 26.5. The summed E-state index contributed by atoms with van der Waals surface area (Å²) in [5.74, 6) is 2.42. The molecule has 5 rings (SSSR count). The number of ether oxygens (including phenoxy) is 2. The Morgan fingerprint density at radius 2 is 1.87 bits per heavy atom. The van der Waals surface area contributed by atoms with E-state index in [1.165, 1.54) is 16.9 Å². The van der Waals surface area contributed by atoms with Crippen LogP contribution in [0, 0.1) is 28.6 Å². The van der Waals surface area contributed by atoms with Gasteiger partial charge in [-0.2, -0.15) is 0 Å². The van der Waals surface area contributed by atoms with Gasteiger partial charge in [0, 0.05) is 18.3 Å². The van der Waals surface area contributed by atoms with Crippen molar-refractivity contribution in [3.05, 3.63) is 11.6 Å². The zero-order valence-electron chi connectivity index (χ0n) is 19.4. The fourth-order valence-corrected chi connectivity index (χ4v) is 7.93. The molecule has 0 bridgehead atoms. The summed E-state index contributed by atoms with van der Waals surface area (Å²) in [6.07, 6.45) is 11.3. The third-order valence-corrected chi connectivity index (χ3v) is 9.95. The van der Waals surface area contributed by atoms with E-state index < -0.39 is 0 Å². The first-order valence-electron chi connectivity index (χ1n) is 12.7. The van der Waals surface area contributed by atoms with Gasteiger partial charge in [0.1, 0.15) is 25.0 Å². The Labute approximate surface area is 186 Å². The first-order chi connectivity index (χ1) is 14.9. The van der Waals surface area contributed by atoms with Crippen LogP contribution in [0.25, 0.3) is 0 Å². The summed E-state index contributed by atoms with van der Waals surface area (Å²) >= 11 is 0. The number of hydrogen-bond donors (Lipinski definition) is 1. The van der Waals surface area contributed by atoms with Crippen molar-refractivity contribution >= 4 is 11.8 Å². The summed E-state index contributed by atoms with van der Waals surface area (Å²) in [5, 5.41) is 0. The molecule has 0 unspecified atom stereocenters. The predicted octanol–water partition coefficient (Wildman–Crippen LogP) is 2.74. The molecule has 5 aliphatic rings. The quantitative estimate of drug-likeness (QED) is 0.550. The molecule has 5 heteroatoms. The summed E-state index contributed by atoms with van der Waals surface area (Å²) in [5.41, 5.74) is 1.71. The van der Waals surface area contributed by atoms with Gasteiger partial charge < -0.3 is 14.4 Å². The average molecular weight is 431 g/mol. The number of rotatable bonds is 4. The van der Waals surface area contributed by atoms with Crippen molar-refractivity contribution in [1.29, 1.82) is 0 Å². The summed E-state index contributed by atoms with van der Waals surface area (Å²) in [6, 6.07) is 0. The van der Waals surface area contributed by atoms with E-state index in [0.29, 0.717) is 30.0 Å². The van der Waals surface area contributed by atoms with E-state index in [-0.39, 0.29) is 22.9 Å². The van der Waals surface area contributed by atoms with Crippen LogP contribution < -0.4 is 4.90 Å². The molecule has 4 aliphatic carbocycles. The van der Waals surface area contributed by atoms with E-state index in [4.69, 9.17) is 9.47 Å². The number of fused-ring (bicyclic) bond motifs is 5. The lowest BCUT2D eigenvalue weighted by atomic mass is 9.48. The molecule has 1 saturated heterocycles. The molecule has 0 aromatic heterocycles. The van der Waals surface area contributed by atoms with E-state index in [2.05, 4.69) is 19.9 Å². The molecule has 4 fully saturated rings. The van der Waals surface area contributed by atoms with Crippen LogP contribution in [-0.4, -0.2) is 50.7 Å². The van der Waals surface area contributed by atoms with Gasteiger partial charge in [0.25, 0.3) is 0 Å². The standard InChI is InChI=1S/C26H39NO4/c1-25-10-7-19(31-24(29)9-12-27-13-15-30-16-14-27)17-18(25)3-4-20-21-5-6-23(28)26(21,2)11-8-22(20)25/h3,19-22H,4-17H2,1-2H3/p+1/t19-,20+,21+,22-,25+,26-/m1/s1. The van der Waals surface area contributed by atoms with Crippen LogP contribution in [0.5, 0.6) is 0 Å². The maximum absolute atomic E-state index is 12.6. The lowest BCUT2D eigenvalue weighted by molar-refractivity contribution is -0.907. The molecule has 0 aromatic carbocycles. The van der Waals surface area contributed by atoms with Crippen LogP contribution in [-0.2, 0) is 19.1 Å². The van der Waals surface area contributed by atoms with Crippen molar-refractivity contribution < 1.29 is 24.0 Å². The molecular formula is C26H40NO4+. The maximum atomic E-state index is 12.6. The predicted molar refractivity (Wildman–Crippen MR) is 118 cm³/mol. The molecule has 3 saturated carbocycles. The second-order valence-electron chi connectivity index (χ2n) is 11.4. The Morgan fingerprint density at radius 1 is 1.13 bits per heavy atom. The molecule has 172 valence electrons. The number of morpholine rings is 1. The highest BCUT2D eigenvalue weighted by molar-refractivity contribution is 5.87.